The minimum Gasteiger partial charge on any atom is -0.463 e. The molecule has 1 N–H and O–H groups in total. The Morgan fingerprint density at radius 1 is 1.19 bits per heavy atom. The fraction of sp³-hybridized carbons (Fsp3) is 0.727. The van der Waals surface area contributed by atoms with E-state index in [1.807, 2.05) is 6.92 Å². The monoisotopic (exact) mass is 378 g/mol. The summed E-state index contributed by atoms with van der Waals surface area (Å²) in [4.78, 5) is 24.0. The van der Waals surface area contributed by atoms with Gasteiger partial charge >= 0.3 is 11.9 Å². The number of ether oxygens (including phenoxy) is 2. The van der Waals surface area contributed by atoms with Crippen LogP contribution in [0.2, 0.25) is 0 Å². The Labute approximate surface area is 162 Å². The second-order valence-electron chi connectivity index (χ2n) is 8.71. The lowest BCUT2D eigenvalue weighted by atomic mass is 9.51. The van der Waals surface area contributed by atoms with Crippen LogP contribution in [0, 0.1) is 23.2 Å². The lowest BCUT2D eigenvalue weighted by Crippen LogP contribution is -2.59. The summed E-state index contributed by atoms with van der Waals surface area (Å²) in [6, 6.07) is 0. The summed E-state index contributed by atoms with van der Waals surface area (Å²) in [6.07, 6.45) is 2.20. The highest BCUT2D eigenvalue weighted by Gasteiger charge is 2.57. The van der Waals surface area contributed by atoms with Crippen molar-refractivity contribution in [2.24, 2.45) is 23.2 Å². The van der Waals surface area contributed by atoms with E-state index in [4.69, 9.17) is 9.47 Å². The van der Waals surface area contributed by atoms with Gasteiger partial charge in [0.05, 0.1) is 6.10 Å². The zero-order valence-corrected chi connectivity index (χ0v) is 17.5. The van der Waals surface area contributed by atoms with Crippen molar-refractivity contribution in [2.75, 3.05) is 0 Å². The van der Waals surface area contributed by atoms with Crippen LogP contribution < -0.4 is 0 Å². The summed E-state index contributed by atoms with van der Waals surface area (Å²) in [7, 11) is 0. The number of rotatable bonds is 4. The second kappa shape index (κ2) is 8.17. The van der Waals surface area contributed by atoms with Gasteiger partial charge in [-0.05, 0) is 51.4 Å². The molecule has 27 heavy (non-hydrogen) atoms. The third-order valence-electron chi connectivity index (χ3n) is 6.87. The molecule has 2 fully saturated rings. The average molecular weight is 379 g/mol. The topological polar surface area (TPSA) is 72.8 Å². The van der Waals surface area contributed by atoms with Crippen molar-refractivity contribution in [3.8, 4) is 0 Å². The molecule has 0 aliphatic heterocycles. The third kappa shape index (κ3) is 4.29. The van der Waals surface area contributed by atoms with Crippen LogP contribution in [0.4, 0.5) is 0 Å². The van der Waals surface area contributed by atoms with Crippen molar-refractivity contribution >= 4 is 11.9 Å². The predicted octanol–water partition coefficient (Wildman–Crippen LogP) is 3.81. The van der Waals surface area contributed by atoms with E-state index in [9.17, 15) is 14.7 Å². The summed E-state index contributed by atoms with van der Waals surface area (Å²) in [6.45, 7) is 15.3. The van der Waals surface area contributed by atoms with Crippen molar-refractivity contribution in [3.05, 3.63) is 23.8 Å². The molecule has 0 bridgehead atoms. The minimum atomic E-state index is -0.808. The first-order chi connectivity index (χ1) is 12.5. The molecule has 0 spiro atoms. The molecule has 7 unspecified atom stereocenters. The molecule has 0 radical (unpaired) electrons. The van der Waals surface area contributed by atoms with Crippen molar-refractivity contribution < 1.29 is 24.2 Å². The van der Waals surface area contributed by atoms with Gasteiger partial charge in [0.1, 0.15) is 12.2 Å². The average Bonchev–Trinajstić information content (AvgIpc) is 2.58. The summed E-state index contributed by atoms with van der Waals surface area (Å²) in [5.74, 6) is -0.648. The molecule has 0 saturated heterocycles. The third-order valence-corrected chi connectivity index (χ3v) is 6.87. The molecule has 2 aliphatic rings. The predicted molar refractivity (Wildman–Crippen MR) is 104 cm³/mol. The number of carbonyl (C=O) groups excluding carboxylic acids is 2. The fourth-order valence-corrected chi connectivity index (χ4v) is 4.88. The molecule has 2 aliphatic carbocycles. The van der Waals surface area contributed by atoms with Gasteiger partial charge in [-0.2, -0.15) is 0 Å². The SMILES string of the molecule is C=C(C)C1CC2(C)C(C)CC(OC(C)=O)CC2C(OC(=O)C(C)=CC)C1O. The maximum Gasteiger partial charge on any atom is 0.333 e. The molecular formula is C22H34O5. The highest BCUT2D eigenvalue weighted by molar-refractivity contribution is 5.87. The molecule has 0 aromatic rings. The highest BCUT2D eigenvalue weighted by atomic mass is 16.6. The lowest BCUT2D eigenvalue weighted by Gasteiger charge is -2.57. The van der Waals surface area contributed by atoms with Gasteiger partial charge in [-0.3, -0.25) is 4.79 Å². The van der Waals surface area contributed by atoms with Crippen molar-refractivity contribution in [1.82, 2.24) is 0 Å². The van der Waals surface area contributed by atoms with Gasteiger partial charge in [0.2, 0.25) is 0 Å². The van der Waals surface area contributed by atoms with E-state index in [2.05, 4.69) is 20.4 Å². The van der Waals surface area contributed by atoms with E-state index >= 15 is 0 Å². The molecular weight excluding hydrogens is 344 g/mol. The number of hydrogen-bond acceptors (Lipinski definition) is 5. The van der Waals surface area contributed by atoms with Gasteiger partial charge in [-0.15, -0.1) is 0 Å². The van der Waals surface area contributed by atoms with Gasteiger partial charge in [0.15, 0.2) is 0 Å². The largest absolute Gasteiger partial charge is 0.463 e. The van der Waals surface area contributed by atoms with Crippen LogP contribution in [0.1, 0.15) is 60.8 Å². The Kier molecular flexibility index (Phi) is 6.56. The Balaban J connectivity index is 2.39. The van der Waals surface area contributed by atoms with Crippen molar-refractivity contribution in [1.29, 1.82) is 0 Å². The Morgan fingerprint density at radius 2 is 1.81 bits per heavy atom. The van der Waals surface area contributed by atoms with Crippen LogP contribution >= 0.6 is 0 Å². The second-order valence-corrected chi connectivity index (χ2v) is 8.71. The first-order valence-electron chi connectivity index (χ1n) is 9.85. The van der Waals surface area contributed by atoms with E-state index in [1.165, 1.54) is 6.92 Å². The van der Waals surface area contributed by atoms with E-state index in [1.54, 1.807) is 19.9 Å². The van der Waals surface area contributed by atoms with Gasteiger partial charge in [0.25, 0.3) is 0 Å². The smallest absolute Gasteiger partial charge is 0.333 e. The molecule has 2 saturated carbocycles. The van der Waals surface area contributed by atoms with Crippen LogP contribution in [0.5, 0.6) is 0 Å². The molecule has 0 aromatic carbocycles. The number of aliphatic hydroxyl groups excluding tert-OH is 1. The van der Waals surface area contributed by atoms with Gasteiger partial charge in [-0.25, -0.2) is 4.79 Å². The summed E-state index contributed by atoms with van der Waals surface area (Å²) in [5, 5.41) is 11.0. The van der Waals surface area contributed by atoms with Crippen LogP contribution in [0.15, 0.2) is 23.8 Å². The van der Waals surface area contributed by atoms with E-state index in [-0.39, 0.29) is 35.2 Å². The summed E-state index contributed by atoms with van der Waals surface area (Å²) < 4.78 is 11.3. The minimum absolute atomic E-state index is 0.0789. The van der Waals surface area contributed by atoms with Crippen LogP contribution in [0.3, 0.4) is 0 Å². The molecule has 0 aromatic heterocycles. The lowest BCUT2D eigenvalue weighted by molar-refractivity contribution is -0.198. The Morgan fingerprint density at radius 3 is 2.33 bits per heavy atom. The fourth-order valence-electron chi connectivity index (χ4n) is 4.88. The van der Waals surface area contributed by atoms with E-state index in [0.29, 0.717) is 12.0 Å². The highest BCUT2D eigenvalue weighted by Crippen LogP contribution is 2.57. The molecule has 0 amide bonds. The number of hydrogen-bond donors (Lipinski definition) is 1. The molecule has 5 heteroatoms. The number of esters is 2. The first kappa shape index (κ1) is 21.7. The molecule has 5 nitrogen and oxygen atoms in total. The van der Waals surface area contributed by atoms with Crippen molar-refractivity contribution in [3.63, 3.8) is 0 Å². The summed E-state index contributed by atoms with van der Waals surface area (Å²) >= 11 is 0. The number of carbonyl (C=O) groups is 2. The number of fused-ring (bicyclic) bond motifs is 1. The Bertz CT molecular complexity index is 637. The van der Waals surface area contributed by atoms with Crippen LogP contribution in [-0.2, 0) is 19.1 Å². The van der Waals surface area contributed by atoms with E-state index in [0.717, 1.165) is 18.4 Å². The van der Waals surface area contributed by atoms with Gasteiger partial charge in [0, 0.05) is 24.3 Å². The number of aliphatic hydroxyl groups is 1. The van der Waals surface area contributed by atoms with Crippen molar-refractivity contribution in [2.45, 2.75) is 79.1 Å². The summed E-state index contributed by atoms with van der Waals surface area (Å²) in [5.41, 5.74) is 1.29. The van der Waals surface area contributed by atoms with Crippen LogP contribution in [-0.4, -0.2) is 35.4 Å². The normalized spacial score (nSPS) is 39.3. The molecule has 2 rings (SSSR count). The quantitative estimate of drug-likeness (QED) is 0.457. The first-order valence-corrected chi connectivity index (χ1v) is 9.85. The van der Waals surface area contributed by atoms with E-state index < -0.39 is 18.2 Å². The number of allylic oxidation sites excluding steroid dienone is 1. The van der Waals surface area contributed by atoms with Crippen LogP contribution in [0.25, 0.3) is 0 Å². The Hall–Kier alpha value is -1.62. The maximum absolute atomic E-state index is 12.5. The van der Waals surface area contributed by atoms with Gasteiger partial charge in [-0.1, -0.05) is 32.1 Å². The maximum atomic E-state index is 12.5. The standard InChI is InChI=1S/C22H34O5/c1-8-13(4)21(25)27-20-18-10-16(26-15(6)23)9-14(5)22(18,7)11-17(12(2)3)19(20)24/h8,14,16-20,24H,2,9-11H2,1,3-7H3. The molecule has 0 heterocycles. The van der Waals surface area contributed by atoms with Gasteiger partial charge < -0.3 is 14.6 Å². The molecule has 152 valence electrons. The zero-order chi connectivity index (χ0) is 20.5. The molecule has 7 atom stereocenters. The zero-order valence-electron chi connectivity index (χ0n) is 17.5.